The van der Waals surface area contributed by atoms with Gasteiger partial charge in [0.2, 0.25) is 0 Å². The molecule has 0 nitrogen and oxygen atoms in total. The topological polar surface area (TPSA) is 0 Å². The maximum atomic E-state index is 12.6. The molecule has 0 spiro atoms. The molecule has 0 heterocycles. The summed E-state index contributed by atoms with van der Waals surface area (Å²) in [5.41, 5.74) is 0. The third-order valence-corrected chi connectivity index (χ3v) is 1.94. The summed E-state index contributed by atoms with van der Waals surface area (Å²) < 4.78 is 60.7. The third-order valence-electron chi connectivity index (χ3n) is 1.94. The van der Waals surface area contributed by atoms with Gasteiger partial charge < -0.3 is 0 Å². The Morgan fingerprint density at radius 2 is 1.62 bits per heavy atom. The highest BCUT2D eigenvalue weighted by Crippen LogP contribution is 2.44. The normalized spacial score (nSPS) is 15.9. The first-order chi connectivity index (χ1) is 5.77. The second-order valence-corrected chi connectivity index (χ2v) is 2.87. The summed E-state index contributed by atoms with van der Waals surface area (Å²) in [4.78, 5) is 0. The van der Waals surface area contributed by atoms with Crippen LogP contribution in [-0.2, 0) is 0 Å². The van der Waals surface area contributed by atoms with Crippen LogP contribution in [0.15, 0.2) is 0 Å². The lowest BCUT2D eigenvalue weighted by molar-refractivity contribution is -0.303. The number of rotatable bonds is 4. The molecule has 0 N–H and O–H groups in total. The Morgan fingerprint density at radius 1 is 1.15 bits per heavy atom. The van der Waals surface area contributed by atoms with Crippen LogP contribution in [-0.4, -0.2) is 12.1 Å². The molecule has 0 fully saturated rings. The van der Waals surface area contributed by atoms with Crippen molar-refractivity contribution >= 4 is 0 Å². The van der Waals surface area contributed by atoms with Crippen LogP contribution < -0.4 is 0 Å². The SMILES string of the molecule is [CH2]CCC(CC)C(F)(F)C(F)(F)F. The Labute approximate surface area is 74.1 Å². The lowest BCUT2D eigenvalue weighted by Crippen LogP contribution is -2.43. The fraction of sp³-hybridized carbons (Fsp3) is 0.875. The van der Waals surface area contributed by atoms with Crippen molar-refractivity contribution in [3.8, 4) is 0 Å². The van der Waals surface area contributed by atoms with Gasteiger partial charge in [0.15, 0.2) is 0 Å². The minimum Gasteiger partial charge on any atom is -0.196 e. The molecule has 1 unspecified atom stereocenters. The second kappa shape index (κ2) is 4.24. The van der Waals surface area contributed by atoms with Gasteiger partial charge in [0.05, 0.1) is 0 Å². The lowest BCUT2D eigenvalue weighted by atomic mass is 9.93. The molecule has 0 saturated heterocycles. The molecule has 0 aromatic heterocycles. The van der Waals surface area contributed by atoms with E-state index in [-0.39, 0.29) is 19.3 Å². The zero-order chi connectivity index (χ0) is 10.7. The number of hydrogen-bond donors (Lipinski definition) is 0. The van der Waals surface area contributed by atoms with E-state index in [1.54, 1.807) is 0 Å². The molecular formula is C8H12F5. The highest BCUT2D eigenvalue weighted by Gasteiger charge is 2.60. The minimum absolute atomic E-state index is 0.0875. The van der Waals surface area contributed by atoms with Gasteiger partial charge in [-0.05, 0) is 12.8 Å². The summed E-state index contributed by atoms with van der Waals surface area (Å²) in [6, 6.07) is 0. The van der Waals surface area contributed by atoms with E-state index in [4.69, 9.17) is 0 Å². The Balaban J connectivity index is 4.56. The highest BCUT2D eigenvalue weighted by atomic mass is 19.4. The molecule has 0 saturated carbocycles. The highest BCUT2D eigenvalue weighted by molar-refractivity contribution is 4.83. The number of halogens is 5. The number of alkyl halides is 5. The minimum atomic E-state index is -5.44. The van der Waals surface area contributed by atoms with Crippen LogP contribution in [0, 0.1) is 12.8 Å². The first-order valence-electron chi connectivity index (χ1n) is 4.01. The van der Waals surface area contributed by atoms with Gasteiger partial charge >= 0.3 is 12.1 Å². The summed E-state index contributed by atoms with van der Waals surface area (Å²) in [6.45, 7) is 4.59. The molecule has 0 aromatic carbocycles. The van der Waals surface area contributed by atoms with Gasteiger partial charge in [-0.3, -0.25) is 0 Å². The van der Waals surface area contributed by atoms with Crippen molar-refractivity contribution in [1.82, 2.24) is 0 Å². The van der Waals surface area contributed by atoms with E-state index in [1.807, 2.05) is 0 Å². The van der Waals surface area contributed by atoms with Crippen molar-refractivity contribution < 1.29 is 22.0 Å². The zero-order valence-corrected chi connectivity index (χ0v) is 7.30. The van der Waals surface area contributed by atoms with Crippen molar-refractivity contribution in [2.45, 2.75) is 38.3 Å². The van der Waals surface area contributed by atoms with Gasteiger partial charge in [0.1, 0.15) is 0 Å². The average Bonchev–Trinajstić information content (AvgIpc) is 1.97. The van der Waals surface area contributed by atoms with Crippen LogP contribution in [0.25, 0.3) is 0 Å². The molecule has 0 aliphatic rings. The second-order valence-electron chi connectivity index (χ2n) is 2.87. The van der Waals surface area contributed by atoms with Gasteiger partial charge in [-0.2, -0.15) is 22.0 Å². The van der Waals surface area contributed by atoms with Gasteiger partial charge in [0, 0.05) is 5.92 Å². The van der Waals surface area contributed by atoms with Crippen molar-refractivity contribution in [1.29, 1.82) is 0 Å². The molecule has 5 heteroatoms. The maximum Gasteiger partial charge on any atom is 0.453 e. The molecule has 0 aliphatic heterocycles. The predicted molar refractivity (Wildman–Crippen MR) is 39.4 cm³/mol. The van der Waals surface area contributed by atoms with Crippen LogP contribution in [0.2, 0.25) is 0 Å². The molecule has 13 heavy (non-hydrogen) atoms. The Morgan fingerprint density at radius 3 is 1.85 bits per heavy atom. The lowest BCUT2D eigenvalue weighted by Gasteiger charge is -2.27. The van der Waals surface area contributed by atoms with Crippen LogP contribution in [0.3, 0.4) is 0 Å². The smallest absolute Gasteiger partial charge is 0.196 e. The summed E-state index contributed by atoms with van der Waals surface area (Å²) >= 11 is 0. The standard InChI is InChI=1S/C8H12F5/c1-3-5-6(4-2)7(9,10)8(11,12)13/h6H,1,3-5H2,2H3. The van der Waals surface area contributed by atoms with Crippen molar-refractivity contribution in [3.63, 3.8) is 0 Å². The first kappa shape index (κ1) is 12.7. The van der Waals surface area contributed by atoms with E-state index in [0.717, 1.165) is 0 Å². The fourth-order valence-electron chi connectivity index (χ4n) is 1.12. The molecule has 0 rings (SSSR count). The third kappa shape index (κ3) is 2.81. The molecule has 1 atom stereocenters. The van der Waals surface area contributed by atoms with Crippen LogP contribution in [0.4, 0.5) is 22.0 Å². The van der Waals surface area contributed by atoms with Gasteiger partial charge in [-0.25, -0.2) is 0 Å². The zero-order valence-electron chi connectivity index (χ0n) is 7.30. The molecule has 1 radical (unpaired) electrons. The summed E-state index contributed by atoms with van der Waals surface area (Å²) in [6.07, 6.45) is -5.75. The van der Waals surface area contributed by atoms with E-state index in [1.165, 1.54) is 6.92 Å². The van der Waals surface area contributed by atoms with Crippen molar-refractivity contribution in [2.75, 3.05) is 0 Å². The Kier molecular flexibility index (Phi) is 4.13. The Hall–Kier alpha value is -0.350. The monoisotopic (exact) mass is 203 g/mol. The quantitative estimate of drug-likeness (QED) is 0.609. The molecule has 0 aromatic rings. The summed E-state index contributed by atoms with van der Waals surface area (Å²) in [7, 11) is 0. The van der Waals surface area contributed by atoms with E-state index in [0.29, 0.717) is 0 Å². The van der Waals surface area contributed by atoms with Crippen LogP contribution in [0.1, 0.15) is 26.2 Å². The summed E-state index contributed by atoms with van der Waals surface area (Å²) in [5, 5.41) is 0. The molecule has 79 valence electrons. The van der Waals surface area contributed by atoms with Crippen LogP contribution in [0.5, 0.6) is 0 Å². The Bertz CT molecular complexity index is 149. The average molecular weight is 203 g/mol. The van der Waals surface area contributed by atoms with Gasteiger partial charge in [-0.1, -0.05) is 20.3 Å². The summed E-state index contributed by atoms with van der Waals surface area (Å²) in [5.74, 6) is -6.23. The first-order valence-corrected chi connectivity index (χ1v) is 4.01. The largest absolute Gasteiger partial charge is 0.453 e. The molecule has 0 amide bonds. The van der Waals surface area contributed by atoms with Crippen LogP contribution >= 0.6 is 0 Å². The molecular weight excluding hydrogens is 191 g/mol. The predicted octanol–water partition coefficient (Wildman–Crippen LogP) is 3.82. The maximum absolute atomic E-state index is 12.6. The van der Waals surface area contributed by atoms with E-state index >= 15 is 0 Å². The van der Waals surface area contributed by atoms with Gasteiger partial charge in [-0.15, -0.1) is 0 Å². The molecule has 0 aliphatic carbocycles. The van der Waals surface area contributed by atoms with Crippen molar-refractivity contribution in [3.05, 3.63) is 6.92 Å². The van der Waals surface area contributed by atoms with Gasteiger partial charge in [0.25, 0.3) is 0 Å². The molecule has 0 bridgehead atoms. The van der Waals surface area contributed by atoms with E-state index in [9.17, 15) is 22.0 Å². The fourth-order valence-corrected chi connectivity index (χ4v) is 1.12. The van der Waals surface area contributed by atoms with Crippen molar-refractivity contribution in [2.24, 2.45) is 5.92 Å². The number of hydrogen-bond acceptors (Lipinski definition) is 0. The van der Waals surface area contributed by atoms with E-state index in [2.05, 4.69) is 6.92 Å². The van der Waals surface area contributed by atoms with E-state index < -0.39 is 18.0 Å².